The molecule has 1 nitrogen and oxygen atoms in total. The minimum atomic E-state index is 1.15. The molecular weight excluding hydrogens is 190 g/mol. The Balaban J connectivity index is 2.54. The van der Waals surface area contributed by atoms with Gasteiger partial charge < -0.3 is 4.57 Å². The Labute approximate surface area is 89.1 Å². The number of hydrogen-bond acceptors (Lipinski definition) is 1. The molecule has 0 radical (unpaired) electrons. The number of para-hydroxylation sites is 1. The van der Waals surface area contributed by atoms with Gasteiger partial charge in [-0.05, 0) is 25.3 Å². The summed E-state index contributed by atoms with van der Waals surface area (Å²) in [5.74, 6) is 0. The second-order valence-corrected chi connectivity index (χ2v) is 4.45. The molecule has 0 bridgehead atoms. The fraction of sp³-hybridized carbons (Fsp3) is 0.333. The molecule has 0 N–H and O–H groups in total. The van der Waals surface area contributed by atoms with Crippen LogP contribution < -0.4 is 0 Å². The summed E-state index contributed by atoms with van der Waals surface area (Å²) < 4.78 is 2.41. The highest BCUT2D eigenvalue weighted by Crippen LogP contribution is 2.34. The first-order valence-electron chi connectivity index (χ1n) is 5.08. The molecule has 2 aromatic rings. The van der Waals surface area contributed by atoms with Crippen LogP contribution in [-0.4, -0.2) is 4.57 Å². The van der Waals surface area contributed by atoms with Gasteiger partial charge in [0, 0.05) is 22.5 Å². The van der Waals surface area contributed by atoms with E-state index in [9.17, 15) is 0 Å². The summed E-state index contributed by atoms with van der Waals surface area (Å²) in [4.78, 5) is 1.16. The van der Waals surface area contributed by atoms with Crippen molar-refractivity contribution in [3.63, 3.8) is 0 Å². The predicted molar refractivity (Wildman–Crippen MR) is 62.2 cm³/mol. The Bertz CT molecular complexity index is 511. The maximum Gasteiger partial charge on any atom is 0.0526 e. The van der Waals surface area contributed by atoms with E-state index in [2.05, 4.69) is 42.3 Å². The van der Waals surface area contributed by atoms with Crippen molar-refractivity contribution in [2.24, 2.45) is 0 Å². The molecule has 0 fully saturated rings. The minimum Gasteiger partial charge on any atom is -0.344 e. The van der Waals surface area contributed by atoms with Crippen LogP contribution in [0, 0.1) is 6.92 Å². The molecule has 0 aliphatic carbocycles. The van der Waals surface area contributed by atoms with E-state index in [1.165, 1.54) is 35.0 Å². The number of nitrogens with zero attached hydrogens (tertiary/aromatic N) is 1. The van der Waals surface area contributed by atoms with Crippen LogP contribution in [0.1, 0.15) is 17.7 Å². The molecule has 0 saturated heterocycles. The van der Waals surface area contributed by atoms with Gasteiger partial charge in [-0.3, -0.25) is 0 Å². The van der Waals surface area contributed by atoms with Crippen molar-refractivity contribution >= 4 is 23.5 Å². The lowest BCUT2D eigenvalue weighted by molar-refractivity contribution is 0.620. The normalized spacial score (nSPS) is 15.0. The molecule has 2 heteroatoms. The number of hydrogen-bond donors (Lipinski definition) is 1. The number of benzene rings is 1. The third-order valence-electron chi connectivity index (χ3n) is 3.22. The second-order valence-electron chi connectivity index (χ2n) is 4.00. The van der Waals surface area contributed by atoms with Gasteiger partial charge in [-0.2, -0.15) is 0 Å². The summed E-state index contributed by atoms with van der Waals surface area (Å²) in [6.07, 6.45) is 2.48. The summed E-state index contributed by atoms with van der Waals surface area (Å²) in [6, 6.07) is 6.56. The third kappa shape index (κ3) is 0.921. The van der Waals surface area contributed by atoms with Crippen molar-refractivity contribution in [1.29, 1.82) is 0 Å². The average molecular weight is 203 g/mol. The summed E-state index contributed by atoms with van der Waals surface area (Å²) in [6.45, 7) is 3.32. The standard InChI is InChI=1S/C12H13NS/c1-8-12(14)10-6-2-4-9-5-3-7-13(8)11(9)10/h2,4,6,14H,3,5,7H2,1H3. The number of thiol groups is 1. The molecule has 1 aromatic heterocycles. The van der Waals surface area contributed by atoms with Crippen molar-refractivity contribution in [2.75, 3.05) is 0 Å². The van der Waals surface area contributed by atoms with Crippen molar-refractivity contribution < 1.29 is 0 Å². The lowest BCUT2D eigenvalue weighted by Gasteiger charge is -2.16. The summed E-state index contributed by atoms with van der Waals surface area (Å²) in [7, 11) is 0. The zero-order valence-electron chi connectivity index (χ0n) is 8.25. The second kappa shape index (κ2) is 2.80. The van der Waals surface area contributed by atoms with Crippen molar-refractivity contribution in [1.82, 2.24) is 4.57 Å². The lowest BCUT2D eigenvalue weighted by atomic mass is 10.0. The zero-order valence-corrected chi connectivity index (χ0v) is 9.14. The van der Waals surface area contributed by atoms with Gasteiger partial charge in [0.15, 0.2) is 0 Å². The quantitative estimate of drug-likeness (QED) is 0.627. The molecule has 0 spiro atoms. The van der Waals surface area contributed by atoms with E-state index in [-0.39, 0.29) is 0 Å². The lowest BCUT2D eigenvalue weighted by Crippen LogP contribution is -2.08. The molecule has 14 heavy (non-hydrogen) atoms. The molecule has 1 aliphatic heterocycles. The van der Waals surface area contributed by atoms with Gasteiger partial charge in [-0.1, -0.05) is 18.2 Å². The van der Waals surface area contributed by atoms with Crippen LogP contribution in [-0.2, 0) is 13.0 Å². The van der Waals surface area contributed by atoms with E-state index >= 15 is 0 Å². The Kier molecular flexibility index (Phi) is 1.68. The SMILES string of the molecule is Cc1c(S)c2cccc3c2n1CCC3. The van der Waals surface area contributed by atoms with Crippen LogP contribution in [0.15, 0.2) is 23.1 Å². The first kappa shape index (κ1) is 8.42. The maximum atomic E-state index is 4.59. The van der Waals surface area contributed by atoms with Crippen LogP contribution >= 0.6 is 12.6 Å². The Morgan fingerprint density at radius 1 is 1.36 bits per heavy atom. The van der Waals surface area contributed by atoms with Gasteiger partial charge in [-0.15, -0.1) is 12.6 Å². The average Bonchev–Trinajstić information content (AvgIpc) is 2.47. The highest BCUT2D eigenvalue weighted by atomic mass is 32.1. The van der Waals surface area contributed by atoms with E-state index in [0.29, 0.717) is 0 Å². The molecule has 0 unspecified atom stereocenters. The Hall–Kier alpha value is -0.890. The molecule has 0 amide bonds. The van der Waals surface area contributed by atoms with E-state index in [1.54, 1.807) is 0 Å². The van der Waals surface area contributed by atoms with E-state index in [0.717, 1.165) is 11.4 Å². The largest absolute Gasteiger partial charge is 0.344 e. The van der Waals surface area contributed by atoms with Crippen LogP contribution in [0.3, 0.4) is 0 Å². The van der Waals surface area contributed by atoms with Gasteiger partial charge in [-0.25, -0.2) is 0 Å². The van der Waals surface area contributed by atoms with E-state index in [4.69, 9.17) is 0 Å². The topological polar surface area (TPSA) is 4.93 Å². The Morgan fingerprint density at radius 3 is 3.07 bits per heavy atom. The summed E-state index contributed by atoms with van der Waals surface area (Å²) >= 11 is 4.59. The molecule has 2 heterocycles. The fourth-order valence-corrected chi connectivity index (χ4v) is 2.80. The van der Waals surface area contributed by atoms with Crippen LogP contribution in [0.2, 0.25) is 0 Å². The highest BCUT2D eigenvalue weighted by molar-refractivity contribution is 7.80. The van der Waals surface area contributed by atoms with Crippen molar-refractivity contribution in [3.8, 4) is 0 Å². The predicted octanol–water partition coefficient (Wildman–Crippen LogP) is 3.18. The molecule has 1 aliphatic rings. The fourth-order valence-electron chi connectivity index (χ4n) is 2.50. The van der Waals surface area contributed by atoms with Gasteiger partial charge in [0.25, 0.3) is 0 Å². The Morgan fingerprint density at radius 2 is 2.21 bits per heavy atom. The maximum absolute atomic E-state index is 4.59. The monoisotopic (exact) mass is 203 g/mol. The van der Waals surface area contributed by atoms with Crippen molar-refractivity contribution in [2.45, 2.75) is 31.2 Å². The smallest absolute Gasteiger partial charge is 0.0526 e. The molecule has 0 atom stereocenters. The van der Waals surface area contributed by atoms with Crippen molar-refractivity contribution in [3.05, 3.63) is 29.5 Å². The molecule has 3 rings (SSSR count). The number of aryl methyl sites for hydroxylation is 2. The number of aromatic nitrogens is 1. The number of rotatable bonds is 0. The first-order valence-corrected chi connectivity index (χ1v) is 5.53. The zero-order chi connectivity index (χ0) is 9.71. The third-order valence-corrected chi connectivity index (χ3v) is 3.78. The minimum absolute atomic E-state index is 1.15. The van der Waals surface area contributed by atoms with Gasteiger partial charge in [0.1, 0.15) is 0 Å². The summed E-state index contributed by atoms with van der Waals surface area (Å²) in [5.41, 5.74) is 4.22. The molecule has 0 saturated carbocycles. The van der Waals surface area contributed by atoms with Crippen LogP contribution in [0.4, 0.5) is 0 Å². The van der Waals surface area contributed by atoms with E-state index < -0.39 is 0 Å². The molecule has 72 valence electrons. The van der Waals surface area contributed by atoms with Gasteiger partial charge in [0.2, 0.25) is 0 Å². The van der Waals surface area contributed by atoms with Gasteiger partial charge in [0.05, 0.1) is 5.52 Å². The first-order chi connectivity index (χ1) is 6.79. The van der Waals surface area contributed by atoms with Gasteiger partial charge >= 0.3 is 0 Å². The molecule has 1 aromatic carbocycles. The van der Waals surface area contributed by atoms with E-state index in [1.807, 2.05) is 0 Å². The van der Waals surface area contributed by atoms with Crippen LogP contribution in [0.25, 0.3) is 10.9 Å². The van der Waals surface area contributed by atoms with Crippen LogP contribution in [0.5, 0.6) is 0 Å². The highest BCUT2D eigenvalue weighted by Gasteiger charge is 2.17. The summed E-state index contributed by atoms with van der Waals surface area (Å²) in [5, 5.41) is 1.32. The molecular formula is C12H13NS.